The molecule has 0 unspecified atom stereocenters. The average Bonchev–Trinajstić information content (AvgIpc) is 2.76. The molecule has 10 heteroatoms. The van der Waals surface area contributed by atoms with Crippen LogP contribution in [-0.2, 0) is 4.79 Å². The fourth-order valence-electron chi connectivity index (χ4n) is 1.70. The Morgan fingerprint density at radius 1 is 1.43 bits per heavy atom. The van der Waals surface area contributed by atoms with Crippen LogP contribution in [0.1, 0.15) is 26.8 Å². The smallest absolute Gasteiger partial charge is 0.406 e. The predicted octanol–water partition coefficient (Wildman–Crippen LogP) is 2.42. The Morgan fingerprint density at radius 3 is 2.48 bits per heavy atom. The second-order valence-electron chi connectivity index (χ2n) is 4.56. The number of alkyl halides is 3. The SMILES string of the molecule is CCN(CC(F)(F)F)c1nnc(SCC(=O)O)n1C(C)C. The van der Waals surface area contributed by atoms with Gasteiger partial charge in [-0.2, -0.15) is 13.2 Å². The van der Waals surface area contributed by atoms with Crippen molar-refractivity contribution >= 4 is 23.7 Å². The minimum absolute atomic E-state index is 0.0951. The Kier molecular flexibility index (Phi) is 5.87. The first-order valence-corrected chi connectivity index (χ1v) is 7.25. The quantitative estimate of drug-likeness (QED) is 0.776. The van der Waals surface area contributed by atoms with Crippen molar-refractivity contribution in [1.82, 2.24) is 14.8 Å². The number of rotatable bonds is 7. The van der Waals surface area contributed by atoms with Crippen LogP contribution in [0.25, 0.3) is 0 Å². The lowest BCUT2D eigenvalue weighted by Gasteiger charge is -2.25. The van der Waals surface area contributed by atoms with Crippen LogP contribution < -0.4 is 4.90 Å². The maximum Gasteiger partial charge on any atom is 0.406 e. The summed E-state index contributed by atoms with van der Waals surface area (Å²) in [7, 11) is 0. The third-order valence-corrected chi connectivity index (χ3v) is 3.45. The maximum absolute atomic E-state index is 12.6. The largest absolute Gasteiger partial charge is 0.481 e. The maximum atomic E-state index is 12.6. The lowest BCUT2D eigenvalue weighted by molar-refractivity contribution is -0.134. The van der Waals surface area contributed by atoms with Crippen molar-refractivity contribution in [3.8, 4) is 0 Å². The molecular formula is C11H17F3N4O2S. The second-order valence-corrected chi connectivity index (χ2v) is 5.50. The Labute approximate surface area is 124 Å². The van der Waals surface area contributed by atoms with Crippen molar-refractivity contribution < 1.29 is 23.1 Å². The van der Waals surface area contributed by atoms with E-state index in [1.54, 1.807) is 20.8 Å². The highest BCUT2D eigenvalue weighted by Gasteiger charge is 2.33. The molecule has 0 amide bonds. The van der Waals surface area contributed by atoms with Gasteiger partial charge in [-0.3, -0.25) is 9.36 Å². The number of carbonyl (C=O) groups is 1. The van der Waals surface area contributed by atoms with Gasteiger partial charge in [-0.1, -0.05) is 11.8 Å². The van der Waals surface area contributed by atoms with Gasteiger partial charge in [-0.05, 0) is 20.8 Å². The van der Waals surface area contributed by atoms with Crippen molar-refractivity contribution in [2.75, 3.05) is 23.7 Å². The Hall–Kier alpha value is -1.45. The number of aliphatic carboxylic acids is 1. The Morgan fingerprint density at radius 2 is 2.05 bits per heavy atom. The van der Waals surface area contributed by atoms with Gasteiger partial charge in [0.1, 0.15) is 6.54 Å². The summed E-state index contributed by atoms with van der Waals surface area (Å²) < 4.78 is 39.3. The number of hydrogen-bond acceptors (Lipinski definition) is 5. The first-order valence-electron chi connectivity index (χ1n) is 6.27. The van der Waals surface area contributed by atoms with E-state index in [4.69, 9.17) is 5.11 Å². The number of aromatic nitrogens is 3. The van der Waals surface area contributed by atoms with Gasteiger partial charge in [-0.25, -0.2) is 0 Å². The van der Waals surface area contributed by atoms with Crippen LogP contribution in [0.5, 0.6) is 0 Å². The van der Waals surface area contributed by atoms with Crippen LogP contribution in [0.4, 0.5) is 19.1 Å². The van der Waals surface area contributed by atoms with Crippen molar-refractivity contribution in [2.45, 2.75) is 38.1 Å². The topological polar surface area (TPSA) is 71.2 Å². The van der Waals surface area contributed by atoms with Crippen LogP contribution in [0.15, 0.2) is 5.16 Å². The number of halogens is 3. The molecule has 21 heavy (non-hydrogen) atoms. The van der Waals surface area contributed by atoms with Gasteiger partial charge in [0, 0.05) is 12.6 Å². The van der Waals surface area contributed by atoms with E-state index < -0.39 is 18.7 Å². The molecule has 0 aliphatic rings. The number of carboxylic acid groups (broad SMARTS) is 1. The van der Waals surface area contributed by atoms with Crippen LogP contribution in [0.2, 0.25) is 0 Å². The summed E-state index contributed by atoms with van der Waals surface area (Å²) in [5.41, 5.74) is 0. The molecular weight excluding hydrogens is 309 g/mol. The summed E-state index contributed by atoms with van der Waals surface area (Å²) in [6.07, 6.45) is -4.35. The molecule has 0 saturated heterocycles. The molecule has 0 spiro atoms. The molecule has 1 aromatic heterocycles. The van der Waals surface area contributed by atoms with Crippen molar-refractivity contribution in [3.63, 3.8) is 0 Å². The monoisotopic (exact) mass is 326 g/mol. The van der Waals surface area contributed by atoms with Crippen molar-refractivity contribution in [2.24, 2.45) is 0 Å². The number of anilines is 1. The predicted molar refractivity (Wildman–Crippen MR) is 72.7 cm³/mol. The van der Waals surface area contributed by atoms with Crippen molar-refractivity contribution in [1.29, 1.82) is 0 Å². The molecule has 0 radical (unpaired) electrons. The summed E-state index contributed by atoms with van der Waals surface area (Å²) in [6, 6.07) is -0.187. The van der Waals surface area contributed by atoms with Crippen LogP contribution >= 0.6 is 11.8 Å². The molecule has 0 fully saturated rings. The molecule has 120 valence electrons. The van der Waals surface area contributed by atoms with Gasteiger partial charge in [0.05, 0.1) is 5.75 Å². The standard InChI is InChI=1S/C11H17F3N4O2S/c1-4-17(6-11(12,13)14)9-15-16-10(18(9)7(2)3)21-5-8(19)20/h7H,4-6H2,1-3H3,(H,19,20). The first-order chi connectivity index (χ1) is 9.65. The fourth-order valence-corrected chi connectivity index (χ4v) is 2.48. The van der Waals surface area contributed by atoms with Crippen molar-refractivity contribution in [3.05, 3.63) is 0 Å². The first kappa shape index (κ1) is 17.6. The Bertz CT molecular complexity index is 490. The minimum Gasteiger partial charge on any atom is -0.481 e. The summed E-state index contributed by atoms with van der Waals surface area (Å²) in [5, 5.41) is 16.6. The zero-order valence-electron chi connectivity index (χ0n) is 11.9. The van der Waals surface area contributed by atoms with E-state index in [1.807, 2.05) is 0 Å². The zero-order valence-corrected chi connectivity index (χ0v) is 12.7. The molecule has 6 nitrogen and oxygen atoms in total. The molecule has 1 N–H and O–H groups in total. The molecule has 0 atom stereocenters. The minimum atomic E-state index is -4.35. The number of carboxylic acids is 1. The van der Waals surface area contributed by atoms with E-state index in [-0.39, 0.29) is 24.3 Å². The molecule has 0 bridgehead atoms. The highest BCUT2D eigenvalue weighted by molar-refractivity contribution is 7.99. The van der Waals surface area contributed by atoms with Crippen LogP contribution in [-0.4, -0.2) is 50.9 Å². The highest BCUT2D eigenvalue weighted by atomic mass is 32.2. The number of thioether (sulfide) groups is 1. The molecule has 0 aliphatic heterocycles. The second kappa shape index (κ2) is 7.01. The van der Waals surface area contributed by atoms with E-state index in [1.165, 1.54) is 4.57 Å². The molecule has 1 aromatic rings. The zero-order chi connectivity index (χ0) is 16.2. The summed E-state index contributed by atoms with van der Waals surface area (Å²) in [5.74, 6) is -1.16. The Balaban J connectivity index is 3.08. The van der Waals surface area contributed by atoms with E-state index in [0.717, 1.165) is 16.7 Å². The normalized spacial score (nSPS) is 12.0. The lowest BCUT2D eigenvalue weighted by atomic mass is 10.4. The molecule has 0 aromatic carbocycles. The fraction of sp³-hybridized carbons (Fsp3) is 0.727. The van der Waals surface area contributed by atoms with Gasteiger partial charge in [0.15, 0.2) is 5.16 Å². The van der Waals surface area contributed by atoms with E-state index >= 15 is 0 Å². The van der Waals surface area contributed by atoms with Gasteiger partial charge < -0.3 is 10.0 Å². The third-order valence-electron chi connectivity index (χ3n) is 2.52. The lowest BCUT2D eigenvalue weighted by Crippen LogP contribution is -2.36. The van der Waals surface area contributed by atoms with Crippen LogP contribution in [0, 0.1) is 0 Å². The van der Waals surface area contributed by atoms with Gasteiger partial charge in [0.2, 0.25) is 5.95 Å². The molecule has 1 rings (SSSR count). The number of hydrogen-bond donors (Lipinski definition) is 1. The van der Waals surface area contributed by atoms with E-state index in [0.29, 0.717) is 5.16 Å². The van der Waals surface area contributed by atoms with Gasteiger partial charge >= 0.3 is 12.1 Å². The van der Waals surface area contributed by atoms with Gasteiger partial charge in [0.25, 0.3) is 0 Å². The molecule has 0 aliphatic carbocycles. The summed E-state index contributed by atoms with van der Waals surface area (Å²) in [6.45, 7) is 4.14. The average molecular weight is 326 g/mol. The molecule has 1 heterocycles. The van der Waals surface area contributed by atoms with Gasteiger partial charge in [-0.15, -0.1) is 10.2 Å². The summed E-state index contributed by atoms with van der Waals surface area (Å²) in [4.78, 5) is 11.7. The van der Waals surface area contributed by atoms with E-state index in [2.05, 4.69) is 10.2 Å². The number of nitrogens with zero attached hydrogens (tertiary/aromatic N) is 4. The third kappa shape index (κ3) is 5.10. The van der Waals surface area contributed by atoms with E-state index in [9.17, 15) is 18.0 Å². The van der Waals surface area contributed by atoms with Crippen LogP contribution in [0.3, 0.4) is 0 Å². The molecule has 0 saturated carbocycles. The highest BCUT2D eigenvalue weighted by Crippen LogP contribution is 2.28. The summed E-state index contributed by atoms with van der Waals surface area (Å²) >= 11 is 0.932.